The van der Waals surface area contributed by atoms with Crippen LogP contribution in [0.25, 0.3) is 0 Å². The highest BCUT2D eigenvalue weighted by Crippen LogP contribution is 2.29. The maximum atomic E-state index is 9.76. The molecular weight excluding hydrogens is 236 g/mol. The third kappa shape index (κ3) is 3.97. The number of aliphatic hydroxyl groups is 1. The number of rotatable bonds is 5. The molecule has 0 radical (unpaired) electrons. The lowest BCUT2D eigenvalue weighted by Gasteiger charge is -2.28. The molecule has 1 saturated carbocycles. The molecule has 0 spiro atoms. The maximum Gasteiger partial charge on any atom is 0.119 e. The highest BCUT2D eigenvalue weighted by molar-refractivity contribution is 5.28. The van der Waals surface area contributed by atoms with Gasteiger partial charge in [0.2, 0.25) is 0 Å². The largest absolute Gasteiger partial charge is 0.490 e. The van der Waals surface area contributed by atoms with Crippen LogP contribution in [0.2, 0.25) is 0 Å². The molecule has 106 valence electrons. The summed E-state index contributed by atoms with van der Waals surface area (Å²) < 4.78 is 6.03. The molecule has 0 bridgehead atoms. The Morgan fingerprint density at radius 1 is 1.11 bits per heavy atom. The van der Waals surface area contributed by atoms with Crippen molar-refractivity contribution in [3.05, 3.63) is 29.8 Å². The molecule has 0 aliphatic heterocycles. The van der Waals surface area contributed by atoms with Crippen LogP contribution in [0.1, 0.15) is 64.0 Å². The minimum absolute atomic E-state index is 0.353. The molecule has 1 aromatic carbocycles. The Kier molecular flexibility index (Phi) is 5.26. The molecule has 1 N–H and O–H groups in total. The lowest BCUT2D eigenvalue weighted by Crippen LogP contribution is -2.23. The summed E-state index contributed by atoms with van der Waals surface area (Å²) in [7, 11) is 0. The summed E-state index contributed by atoms with van der Waals surface area (Å²) in [6.45, 7) is 4.27. The number of hydrogen-bond donors (Lipinski definition) is 1. The Labute approximate surface area is 116 Å². The smallest absolute Gasteiger partial charge is 0.119 e. The summed E-state index contributed by atoms with van der Waals surface area (Å²) >= 11 is 0. The highest BCUT2D eigenvalue weighted by Gasteiger charge is 2.21. The molecule has 0 amide bonds. The second kappa shape index (κ2) is 6.95. The van der Waals surface area contributed by atoms with Crippen molar-refractivity contribution in [2.24, 2.45) is 5.92 Å². The number of aliphatic hydroxyl groups excluding tert-OH is 1. The van der Waals surface area contributed by atoms with Gasteiger partial charge in [0.25, 0.3) is 0 Å². The minimum Gasteiger partial charge on any atom is -0.490 e. The van der Waals surface area contributed by atoms with Crippen LogP contribution in [0, 0.1) is 5.92 Å². The molecule has 1 aliphatic rings. The van der Waals surface area contributed by atoms with Crippen LogP contribution in [0.4, 0.5) is 0 Å². The van der Waals surface area contributed by atoms with E-state index < -0.39 is 0 Å². The van der Waals surface area contributed by atoms with Crippen molar-refractivity contribution < 1.29 is 9.84 Å². The highest BCUT2D eigenvalue weighted by atomic mass is 16.5. The predicted octanol–water partition coefficient (Wildman–Crippen LogP) is 4.48. The summed E-state index contributed by atoms with van der Waals surface area (Å²) in [5.41, 5.74) is 0.976. The Balaban J connectivity index is 1.86. The first-order chi connectivity index (χ1) is 9.22. The molecule has 2 rings (SSSR count). The van der Waals surface area contributed by atoms with Gasteiger partial charge < -0.3 is 9.84 Å². The molecule has 1 aliphatic carbocycles. The molecule has 0 aromatic heterocycles. The predicted molar refractivity (Wildman–Crippen MR) is 78.4 cm³/mol. The summed E-state index contributed by atoms with van der Waals surface area (Å²) in [4.78, 5) is 0. The first-order valence-electron chi connectivity index (χ1n) is 7.67. The van der Waals surface area contributed by atoms with Crippen molar-refractivity contribution in [1.29, 1.82) is 0 Å². The van der Waals surface area contributed by atoms with Gasteiger partial charge in [0.1, 0.15) is 5.75 Å². The van der Waals surface area contributed by atoms with E-state index in [2.05, 4.69) is 6.92 Å². The molecule has 0 saturated heterocycles. The van der Waals surface area contributed by atoms with Gasteiger partial charge in [-0.15, -0.1) is 0 Å². The maximum absolute atomic E-state index is 9.76. The van der Waals surface area contributed by atoms with Gasteiger partial charge in [0.05, 0.1) is 12.2 Å². The topological polar surface area (TPSA) is 29.5 Å². The van der Waals surface area contributed by atoms with E-state index in [-0.39, 0.29) is 6.10 Å². The van der Waals surface area contributed by atoms with Gasteiger partial charge in [-0.3, -0.25) is 0 Å². The number of hydrogen-bond acceptors (Lipinski definition) is 2. The van der Waals surface area contributed by atoms with Gasteiger partial charge >= 0.3 is 0 Å². The van der Waals surface area contributed by atoms with Crippen molar-refractivity contribution in [1.82, 2.24) is 0 Å². The first-order valence-corrected chi connectivity index (χ1v) is 7.67. The third-order valence-electron chi connectivity index (χ3n) is 4.33. The van der Waals surface area contributed by atoms with Gasteiger partial charge in [-0.1, -0.05) is 32.4 Å². The van der Waals surface area contributed by atoms with Gasteiger partial charge in [-0.25, -0.2) is 0 Å². The third-order valence-corrected chi connectivity index (χ3v) is 4.33. The van der Waals surface area contributed by atoms with Gasteiger partial charge in [0.15, 0.2) is 0 Å². The van der Waals surface area contributed by atoms with Crippen molar-refractivity contribution in [2.75, 3.05) is 0 Å². The van der Waals surface area contributed by atoms with Gasteiger partial charge in [0, 0.05) is 0 Å². The quantitative estimate of drug-likeness (QED) is 0.848. The number of ether oxygens (including phenoxy) is 1. The van der Waals surface area contributed by atoms with Crippen molar-refractivity contribution in [2.45, 2.75) is 64.6 Å². The first kappa shape index (κ1) is 14.4. The van der Waals surface area contributed by atoms with E-state index in [1.807, 2.05) is 31.2 Å². The van der Waals surface area contributed by atoms with E-state index in [9.17, 15) is 5.11 Å². The van der Waals surface area contributed by atoms with E-state index in [0.29, 0.717) is 6.10 Å². The lowest BCUT2D eigenvalue weighted by atomic mass is 9.86. The van der Waals surface area contributed by atoms with Crippen LogP contribution in [0.15, 0.2) is 24.3 Å². The minimum atomic E-state index is -0.353. The van der Waals surface area contributed by atoms with E-state index in [4.69, 9.17) is 4.74 Å². The molecule has 0 heterocycles. The van der Waals surface area contributed by atoms with Crippen LogP contribution < -0.4 is 4.74 Å². The fraction of sp³-hybridized carbons (Fsp3) is 0.647. The normalized spacial score (nSPS) is 25.0. The molecular formula is C17H26O2. The summed E-state index contributed by atoms with van der Waals surface area (Å²) in [6.07, 6.45) is 7.04. The molecule has 2 heteroatoms. The molecule has 1 fully saturated rings. The zero-order valence-electron chi connectivity index (χ0n) is 12.1. The second-order valence-corrected chi connectivity index (χ2v) is 5.66. The summed E-state index contributed by atoms with van der Waals surface area (Å²) in [5, 5.41) is 9.76. The lowest BCUT2D eigenvalue weighted by molar-refractivity contribution is 0.129. The van der Waals surface area contributed by atoms with Crippen LogP contribution in [0.3, 0.4) is 0 Å². The zero-order chi connectivity index (χ0) is 13.7. The monoisotopic (exact) mass is 262 g/mol. The second-order valence-electron chi connectivity index (χ2n) is 5.66. The molecule has 1 atom stereocenters. The fourth-order valence-corrected chi connectivity index (χ4v) is 2.85. The zero-order valence-corrected chi connectivity index (χ0v) is 12.1. The van der Waals surface area contributed by atoms with Crippen LogP contribution >= 0.6 is 0 Å². The van der Waals surface area contributed by atoms with E-state index in [1.54, 1.807) is 0 Å². The van der Waals surface area contributed by atoms with Gasteiger partial charge in [-0.2, -0.15) is 0 Å². The fourth-order valence-electron chi connectivity index (χ4n) is 2.85. The Hall–Kier alpha value is -1.02. The molecule has 1 aromatic rings. The SMILES string of the molecule is CCC1CCC(Oc2ccc([C@@H](O)CC)cc2)CC1. The Bertz CT molecular complexity index is 363. The molecule has 2 nitrogen and oxygen atoms in total. The van der Waals surface area contributed by atoms with Crippen LogP contribution in [0.5, 0.6) is 5.75 Å². The van der Waals surface area contributed by atoms with E-state index >= 15 is 0 Å². The Morgan fingerprint density at radius 3 is 2.26 bits per heavy atom. The average molecular weight is 262 g/mol. The Morgan fingerprint density at radius 2 is 1.74 bits per heavy atom. The summed E-state index contributed by atoms with van der Waals surface area (Å²) in [6, 6.07) is 7.92. The van der Waals surface area contributed by atoms with E-state index in [1.165, 1.54) is 32.1 Å². The van der Waals surface area contributed by atoms with Gasteiger partial charge in [-0.05, 0) is 55.7 Å². The number of benzene rings is 1. The van der Waals surface area contributed by atoms with E-state index in [0.717, 1.165) is 23.7 Å². The molecule has 19 heavy (non-hydrogen) atoms. The van der Waals surface area contributed by atoms with Crippen molar-refractivity contribution in [3.8, 4) is 5.75 Å². The summed E-state index contributed by atoms with van der Waals surface area (Å²) in [5.74, 6) is 1.84. The molecule has 0 unspecified atom stereocenters. The van der Waals surface area contributed by atoms with Crippen LogP contribution in [-0.2, 0) is 0 Å². The average Bonchev–Trinajstić information content (AvgIpc) is 2.48. The van der Waals surface area contributed by atoms with Crippen molar-refractivity contribution >= 4 is 0 Å². The van der Waals surface area contributed by atoms with Crippen molar-refractivity contribution in [3.63, 3.8) is 0 Å². The standard InChI is InChI=1S/C17H26O2/c1-3-13-5-9-15(10-6-13)19-16-11-7-14(8-12-16)17(18)4-2/h7-8,11-13,15,17-18H,3-6,9-10H2,1-2H3/t13?,15?,17-/m0/s1. The van der Waals surface area contributed by atoms with Crippen LogP contribution in [-0.4, -0.2) is 11.2 Å².